The van der Waals surface area contributed by atoms with Crippen LogP contribution in [0.15, 0.2) is 6.20 Å². The van der Waals surface area contributed by atoms with E-state index in [2.05, 4.69) is 23.8 Å². The van der Waals surface area contributed by atoms with Crippen LogP contribution in [0.5, 0.6) is 0 Å². The van der Waals surface area contributed by atoms with Crippen LogP contribution in [0.1, 0.15) is 115 Å². The normalized spacial score (nSPS) is 26.8. The minimum atomic E-state index is -0.310. The quantitative estimate of drug-likeness (QED) is 0.263. The number of unbranched alkanes of at least 4 members (excludes halogenated alkanes) is 6. The number of hydrogen-bond donors (Lipinski definition) is 0. The largest absolute Gasteiger partial charge is 0.352 e. The third-order valence-corrected chi connectivity index (χ3v) is 7.11. The van der Waals surface area contributed by atoms with Gasteiger partial charge in [-0.1, -0.05) is 58.8 Å². The second kappa shape index (κ2) is 13.5. The fourth-order valence-corrected chi connectivity index (χ4v) is 5.01. The Bertz CT molecular complexity index is 626. The molecule has 5 heteroatoms. The molecular formula is C26H43FN2O2. The van der Waals surface area contributed by atoms with Crippen molar-refractivity contribution in [3.8, 4) is 0 Å². The van der Waals surface area contributed by atoms with Crippen molar-refractivity contribution >= 4 is 0 Å². The fourth-order valence-electron chi connectivity index (χ4n) is 5.01. The molecule has 176 valence electrons. The van der Waals surface area contributed by atoms with E-state index in [9.17, 15) is 4.39 Å². The zero-order chi connectivity index (χ0) is 21.9. The molecule has 0 bridgehead atoms. The number of aryl methyl sites for hydroxylation is 1. The van der Waals surface area contributed by atoms with E-state index in [4.69, 9.17) is 9.47 Å². The predicted molar refractivity (Wildman–Crippen MR) is 122 cm³/mol. The summed E-state index contributed by atoms with van der Waals surface area (Å²) in [5.41, 5.74) is 0.673. The van der Waals surface area contributed by atoms with Crippen molar-refractivity contribution < 1.29 is 13.9 Å². The highest BCUT2D eigenvalue weighted by molar-refractivity contribution is 5.10. The van der Waals surface area contributed by atoms with Gasteiger partial charge in [0.2, 0.25) is 5.95 Å². The SMILES string of the molecule is CCCCCCCc1cnc(C2CCC(C3OCC(CCCCC)CO3)CC2)nc1F. The van der Waals surface area contributed by atoms with E-state index in [1.54, 1.807) is 6.20 Å². The van der Waals surface area contributed by atoms with Gasteiger partial charge in [0.25, 0.3) is 0 Å². The Kier molecular flexibility index (Phi) is 10.7. The summed E-state index contributed by atoms with van der Waals surface area (Å²) in [5, 5.41) is 0. The van der Waals surface area contributed by atoms with Gasteiger partial charge in [-0.3, -0.25) is 0 Å². The topological polar surface area (TPSA) is 44.2 Å². The minimum absolute atomic E-state index is 0.0592. The summed E-state index contributed by atoms with van der Waals surface area (Å²) >= 11 is 0. The molecule has 1 aliphatic heterocycles. The van der Waals surface area contributed by atoms with Crippen LogP contribution in [0.3, 0.4) is 0 Å². The van der Waals surface area contributed by atoms with Crippen LogP contribution < -0.4 is 0 Å². The van der Waals surface area contributed by atoms with Crippen molar-refractivity contribution in [2.45, 2.75) is 116 Å². The maximum Gasteiger partial charge on any atom is 0.219 e. The number of hydrogen-bond acceptors (Lipinski definition) is 4. The van der Waals surface area contributed by atoms with Gasteiger partial charge in [0.1, 0.15) is 5.82 Å². The predicted octanol–water partition coefficient (Wildman–Crippen LogP) is 6.97. The van der Waals surface area contributed by atoms with Crippen molar-refractivity contribution in [2.75, 3.05) is 13.2 Å². The van der Waals surface area contributed by atoms with Crippen molar-refractivity contribution in [1.82, 2.24) is 9.97 Å². The van der Waals surface area contributed by atoms with Crippen LogP contribution in [0.25, 0.3) is 0 Å². The third-order valence-electron chi connectivity index (χ3n) is 7.11. The molecule has 1 aromatic heterocycles. The van der Waals surface area contributed by atoms with Gasteiger partial charge in [-0.2, -0.15) is 4.39 Å². The highest BCUT2D eigenvalue weighted by atomic mass is 19.1. The third kappa shape index (κ3) is 7.78. The van der Waals surface area contributed by atoms with Crippen LogP contribution in [-0.4, -0.2) is 29.5 Å². The standard InChI is InChI=1S/C26H43FN2O2/c1-3-5-7-8-10-12-23-17-28-25(29-24(23)27)21-13-15-22(16-14-21)26-30-18-20(19-31-26)11-9-6-4-2/h17,20-22,26H,3-16,18-19H2,1-2H3. The summed E-state index contributed by atoms with van der Waals surface area (Å²) in [5.74, 6) is 1.64. The first-order valence-electron chi connectivity index (χ1n) is 13.0. The van der Waals surface area contributed by atoms with Gasteiger partial charge in [0.05, 0.1) is 13.2 Å². The Hall–Kier alpha value is -1.07. The lowest BCUT2D eigenvalue weighted by molar-refractivity contribution is -0.229. The molecule has 1 aliphatic carbocycles. The van der Waals surface area contributed by atoms with Crippen LogP contribution in [-0.2, 0) is 15.9 Å². The molecule has 1 saturated heterocycles. The van der Waals surface area contributed by atoms with Gasteiger partial charge < -0.3 is 9.47 Å². The Morgan fingerprint density at radius 3 is 2.26 bits per heavy atom. The average Bonchev–Trinajstić information content (AvgIpc) is 2.80. The summed E-state index contributed by atoms with van der Waals surface area (Å²) in [4.78, 5) is 8.80. The van der Waals surface area contributed by atoms with Crippen molar-refractivity contribution in [2.24, 2.45) is 11.8 Å². The lowest BCUT2D eigenvalue weighted by atomic mass is 9.81. The summed E-state index contributed by atoms with van der Waals surface area (Å²) in [6.07, 6.45) is 17.4. The molecule has 3 rings (SSSR count). The molecule has 0 radical (unpaired) electrons. The Morgan fingerprint density at radius 2 is 1.58 bits per heavy atom. The Labute approximate surface area is 188 Å². The molecule has 0 unspecified atom stereocenters. The van der Waals surface area contributed by atoms with Crippen molar-refractivity contribution in [1.29, 1.82) is 0 Å². The lowest BCUT2D eigenvalue weighted by Crippen LogP contribution is -2.38. The van der Waals surface area contributed by atoms with Crippen molar-refractivity contribution in [3.63, 3.8) is 0 Å². The van der Waals surface area contributed by atoms with Gasteiger partial charge in [-0.15, -0.1) is 0 Å². The first-order valence-corrected chi connectivity index (χ1v) is 13.0. The van der Waals surface area contributed by atoms with E-state index in [1.807, 2.05) is 0 Å². The monoisotopic (exact) mass is 434 g/mol. The molecular weight excluding hydrogens is 391 g/mol. The number of rotatable bonds is 12. The number of ether oxygens (including phenoxy) is 2. The van der Waals surface area contributed by atoms with Crippen LogP contribution in [0.2, 0.25) is 0 Å². The van der Waals surface area contributed by atoms with Crippen LogP contribution in [0, 0.1) is 17.8 Å². The molecule has 2 aliphatic rings. The molecule has 0 spiro atoms. The highest BCUT2D eigenvalue weighted by Crippen LogP contribution is 2.38. The summed E-state index contributed by atoms with van der Waals surface area (Å²) in [7, 11) is 0. The smallest absolute Gasteiger partial charge is 0.219 e. The van der Waals surface area contributed by atoms with E-state index in [-0.39, 0.29) is 18.2 Å². The van der Waals surface area contributed by atoms with Crippen LogP contribution in [0.4, 0.5) is 4.39 Å². The fraction of sp³-hybridized carbons (Fsp3) is 0.846. The maximum atomic E-state index is 14.5. The minimum Gasteiger partial charge on any atom is -0.352 e. The first-order chi connectivity index (χ1) is 15.2. The first kappa shape index (κ1) is 24.6. The van der Waals surface area contributed by atoms with Crippen LogP contribution >= 0.6 is 0 Å². The zero-order valence-electron chi connectivity index (χ0n) is 19.8. The van der Waals surface area contributed by atoms with Gasteiger partial charge in [0.15, 0.2) is 6.29 Å². The van der Waals surface area contributed by atoms with Gasteiger partial charge in [-0.25, -0.2) is 9.97 Å². The van der Waals surface area contributed by atoms with Crippen molar-refractivity contribution in [3.05, 3.63) is 23.5 Å². The molecule has 0 atom stereocenters. The molecule has 0 N–H and O–H groups in total. The molecule has 1 aromatic rings. The summed E-state index contributed by atoms with van der Waals surface area (Å²) < 4.78 is 26.7. The second-order valence-corrected chi connectivity index (χ2v) is 9.72. The number of halogens is 1. The molecule has 1 saturated carbocycles. The molecule has 0 amide bonds. The van der Waals surface area contributed by atoms with E-state index in [0.717, 1.165) is 58.2 Å². The van der Waals surface area contributed by atoms with E-state index in [1.165, 1.54) is 44.9 Å². The molecule has 4 nitrogen and oxygen atoms in total. The number of aromatic nitrogens is 2. The molecule has 2 heterocycles. The molecule has 0 aromatic carbocycles. The second-order valence-electron chi connectivity index (χ2n) is 9.72. The maximum absolute atomic E-state index is 14.5. The van der Waals surface area contributed by atoms with Gasteiger partial charge in [-0.05, 0) is 44.9 Å². The molecule has 2 fully saturated rings. The molecule has 31 heavy (non-hydrogen) atoms. The summed E-state index contributed by atoms with van der Waals surface area (Å²) in [6, 6.07) is 0. The number of nitrogens with zero attached hydrogens (tertiary/aromatic N) is 2. The van der Waals surface area contributed by atoms with Gasteiger partial charge in [0, 0.05) is 29.5 Å². The lowest BCUT2D eigenvalue weighted by Gasteiger charge is -2.37. The van der Waals surface area contributed by atoms with E-state index < -0.39 is 0 Å². The van der Waals surface area contributed by atoms with Gasteiger partial charge >= 0.3 is 0 Å². The van der Waals surface area contributed by atoms with E-state index >= 15 is 0 Å². The Balaban J connectivity index is 1.39. The zero-order valence-corrected chi connectivity index (χ0v) is 19.8. The van der Waals surface area contributed by atoms with E-state index in [0.29, 0.717) is 23.2 Å². The Morgan fingerprint density at radius 1 is 0.903 bits per heavy atom. The average molecular weight is 435 g/mol. The summed E-state index contributed by atoms with van der Waals surface area (Å²) in [6.45, 7) is 6.12. The highest BCUT2D eigenvalue weighted by Gasteiger charge is 2.33.